The monoisotopic (exact) mass is 298 g/mol. The van der Waals surface area contributed by atoms with Crippen LogP contribution in [0.1, 0.15) is 0 Å². The Labute approximate surface area is 106 Å². The lowest BCUT2D eigenvalue weighted by Crippen LogP contribution is -2.13. The Kier molecular flexibility index (Phi) is 3.41. The standard InChI is InChI=1S/C11H8BrClN2O/c12-11-8-4-2-1-3-7(8)5-9(15-11)14-10(16)6-13/h1-5H,6H2,(H,14,15,16). The van der Waals surface area contributed by atoms with Gasteiger partial charge in [0, 0.05) is 5.39 Å². The summed E-state index contributed by atoms with van der Waals surface area (Å²) in [5, 5.41) is 4.63. The Morgan fingerprint density at radius 1 is 1.44 bits per heavy atom. The summed E-state index contributed by atoms with van der Waals surface area (Å²) in [6.07, 6.45) is 0. The van der Waals surface area contributed by atoms with E-state index in [1.165, 1.54) is 0 Å². The molecule has 2 rings (SSSR count). The summed E-state index contributed by atoms with van der Waals surface area (Å²) < 4.78 is 0.704. The predicted octanol–water partition coefficient (Wildman–Crippen LogP) is 3.17. The highest BCUT2D eigenvalue weighted by Crippen LogP contribution is 2.24. The number of rotatable bonds is 2. The Bertz CT molecular complexity index is 544. The van der Waals surface area contributed by atoms with Gasteiger partial charge in [0.1, 0.15) is 16.3 Å². The van der Waals surface area contributed by atoms with Crippen LogP contribution < -0.4 is 5.32 Å². The van der Waals surface area contributed by atoms with Crippen LogP contribution in [-0.2, 0) is 4.79 Å². The molecule has 3 nitrogen and oxygen atoms in total. The van der Waals surface area contributed by atoms with E-state index in [4.69, 9.17) is 11.6 Å². The first-order valence-corrected chi connectivity index (χ1v) is 5.94. The van der Waals surface area contributed by atoms with Gasteiger partial charge in [-0.05, 0) is 27.4 Å². The number of pyridine rings is 1. The molecule has 0 unspecified atom stereocenters. The zero-order chi connectivity index (χ0) is 11.5. The molecule has 1 amide bonds. The molecule has 0 spiro atoms. The van der Waals surface area contributed by atoms with E-state index < -0.39 is 0 Å². The van der Waals surface area contributed by atoms with Gasteiger partial charge in [-0.2, -0.15) is 0 Å². The third kappa shape index (κ3) is 2.33. The molecule has 0 aliphatic carbocycles. The van der Waals surface area contributed by atoms with Crippen LogP contribution in [0.25, 0.3) is 10.8 Å². The molecular formula is C11H8BrClN2O. The maximum absolute atomic E-state index is 11.1. The fraction of sp³-hybridized carbons (Fsp3) is 0.0909. The quantitative estimate of drug-likeness (QED) is 0.683. The number of halogens is 2. The number of amides is 1. The minimum Gasteiger partial charge on any atom is -0.310 e. The first-order valence-electron chi connectivity index (χ1n) is 4.62. The van der Waals surface area contributed by atoms with E-state index >= 15 is 0 Å². The van der Waals surface area contributed by atoms with Crippen molar-refractivity contribution in [2.24, 2.45) is 0 Å². The third-order valence-corrected chi connectivity index (χ3v) is 2.93. The molecule has 1 N–H and O–H groups in total. The van der Waals surface area contributed by atoms with Crippen LogP contribution in [-0.4, -0.2) is 16.8 Å². The third-order valence-electron chi connectivity index (χ3n) is 2.08. The Morgan fingerprint density at radius 2 is 2.19 bits per heavy atom. The lowest BCUT2D eigenvalue weighted by Gasteiger charge is -2.05. The molecule has 5 heteroatoms. The number of fused-ring (bicyclic) bond motifs is 1. The molecule has 0 radical (unpaired) electrons. The van der Waals surface area contributed by atoms with Crippen molar-refractivity contribution in [2.75, 3.05) is 11.2 Å². The second-order valence-corrected chi connectivity index (χ2v) is 4.22. The van der Waals surface area contributed by atoms with Gasteiger partial charge in [-0.25, -0.2) is 4.98 Å². The maximum atomic E-state index is 11.1. The van der Waals surface area contributed by atoms with Crippen molar-refractivity contribution in [1.82, 2.24) is 4.98 Å². The summed E-state index contributed by atoms with van der Waals surface area (Å²) in [6.45, 7) is 0. The van der Waals surface area contributed by atoms with E-state index in [-0.39, 0.29) is 11.8 Å². The van der Waals surface area contributed by atoms with Crippen molar-refractivity contribution in [1.29, 1.82) is 0 Å². The Morgan fingerprint density at radius 3 is 2.94 bits per heavy atom. The fourth-order valence-electron chi connectivity index (χ4n) is 1.40. The van der Waals surface area contributed by atoms with Crippen LogP contribution in [0.5, 0.6) is 0 Å². The van der Waals surface area contributed by atoms with Gasteiger partial charge in [0.15, 0.2) is 0 Å². The highest BCUT2D eigenvalue weighted by atomic mass is 79.9. The molecule has 0 saturated carbocycles. The molecule has 0 atom stereocenters. The molecule has 82 valence electrons. The van der Waals surface area contributed by atoms with E-state index in [0.29, 0.717) is 10.4 Å². The topological polar surface area (TPSA) is 42.0 Å². The van der Waals surface area contributed by atoms with E-state index in [1.807, 2.05) is 30.3 Å². The number of nitrogens with one attached hydrogen (secondary N) is 1. The molecule has 2 aromatic rings. The summed E-state index contributed by atoms with van der Waals surface area (Å²) in [4.78, 5) is 15.3. The average Bonchev–Trinajstić information content (AvgIpc) is 2.29. The van der Waals surface area contributed by atoms with Gasteiger partial charge in [-0.15, -0.1) is 11.6 Å². The first kappa shape index (κ1) is 11.4. The lowest BCUT2D eigenvalue weighted by molar-refractivity contribution is -0.113. The molecular weight excluding hydrogens is 291 g/mol. The number of aromatic nitrogens is 1. The zero-order valence-corrected chi connectivity index (χ0v) is 10.5. The van der Waals surface area contributed by atoms with Crippen LogP contribution in [0.15, 0.2) is 34.9 Å². The van der Waals surface area contributed by atoms with Crippen molar-refractivity contribution < 1.29 is 4.79 Å². The van der Waals surface area contributed by atoms with Gasteiger partial charge in [0.25, 0.3) is 0 Å². The Hall–Kier alpha value is -1.13. The molecule has 0 saturated heterocycles. The van der Waals surface area contributed by atoms with Crippen LogP contribution in [0.3, 0.4) is 0 Å². The summed E-state index contributed by atoms with van der Waals surface area (Å²) in [5.41, 5.74) is 0. The Balaban J connectivity index is 2.45. The number of carbonyl (C=O) groups is 1. The number of anilines is 1. The van der Waals surface area contributed by atoms with E-state index in [1.54, 1.807) is 0 Å². The van der Waals surface area contributed by atoms with Crippen molar-refractivity contribution in [3.8, 4) is 0 Å². The second kappa shape index (κ2) is 4.80. The normalized spacial score (nSPS) is 10.4. The van der Waals surface area contributed by atoms with Gasteiger partial charge < -0.3 is 5.32 Å². The highest BCUT2D eigenvalue weighted by Gasteiger charge is 2.05. The number of hydrogen-bond donors (Lipinski definition) is 1. The van der Waals surface area contributed by atoms with E-state index in [0.717, 1.165) is 10.8 Å². The van der Waals surface area contributed by atoms with Gasteiger partial charge in [-0.1, -0.05) is 24.3 Å². The van der Waals surface area contributed by atoms with Crippen molar-refractivity contribution >= 4 is 50.0 Å². The van der Waals surface area contributed by atoms with Gasteiger partial charge in [-0.3, -0.25) is 4.79 Å². The first-order chi connectivity index (χ1) is 7.70. The molecule has 16 heavy (non-hydrogen) atoms. The summed E-state index contributed by atoms with van der Waals surface area (Å²) in [6, 6.07) is 9.59. The minimum absolute atomic E-state index is 0.0773. The molecule has 1 aromatic heterocycles. The molecule has 1 heterocycles. The molecule has 0 aliphatic rings. The number of alkyl halides is 1. The van der Waals surface area contributed by atoms with Crippen LogP contribution in [0.4, 0.5) is 5.82 Å². The average molecular weight is 300 g/mol. The van der Waals surface area contributed by atoms with Crippen molar-refractivity contribution in [3.05, 3.63) is 34.9 Å². The van der Waals surface area contributed by atoms with Crippen LogP contribution in [0.2, 0.25) is 0 Å². The van der Waals surface area contributed by atoms with E-state index in [9.17, 15) is 4.79 Å². The molecule has 0 fully saturated rings. The van der Waals surface area contributed by atoms with Crippen molar-refractivity contribution in [3.63, 3.8) is 0 Å². The highest BCUT2D eigenvalue weighted by molar-refractivity contribution is 9.10. The molecule has 1 aromatic carbocycles. The second-order valence-electron chi connectivity index (χ2n) is 3.20. The van der Waals surface area contributed by atoms with Crippen LogP contribution >= 0.6 is 27.5 Å². The minimum atomic E-state index is -0.267. The van der Waals surface area contributed by atoms with Gasteiger partial charge >= 0.3 is 0 Å². The van der Waals surface area contributed by atoms with Crippen molar-refractivity contribution in [2.45, 2.75) is 0 Å². The molecule has 0 bridgehead atoms. The number of nitrogens with zero attached hydrogens (tertiary/aromatic N) is 1. The zero-order valence-electron chi connectivity index (χ0n) is 8.21. The smallest absolute Gasteiger partial charge is 0.240 e. The lowest BCUT2D eigenvalue weighted by atomic mass is 10.2. The number of hydrogen-bond acceptors (Lipinski definition) is 2. The van der Waals surface area contributed by atoms with Gasteiger partial charge in [0.05, 0.1) is 0 Å². The van der Waals surface area contributed by atoms with Gasteiger partial charge in [0.2, 0.25) is 5.91 Å². The summed E-state index contributed by atoms with van der Waals surface area (Å²) in [5.74, 6) is 0.152. The van der Waals surface area contributed by atoms with Crippen LogP contribution in [0, 0.1) is 0 Å². The summed E-state index contributed by atoms with van der Waals surface area (Å²) in [7, 11) is 0. The largest absolute Gasteiger partial charge is 0.310 e. The SMILES string of the molecule is O=C(CCl)Nc1cc2ccccc2c(Br)n1. The maximum Gasteiger partial charge on any atom is 0.240 e. The summed E-state index contributed by atoms with van der Waals surface area (Å²) >= 11 is 8.77. The van der Waals surface area contributed by atoms with E-state index in [2.05, 4.69) is 26.2 Å². The predicted molar refractivity (Wildman–Crippen MR) is 68.8 cm³/mol. The number of benzene rings is 1. The molecule has 0 aliphatic heterocycles. The fourth-order valence-corrected chi connectivity index (χ4v) is 2.02. The number of carbonyl (C=O) groups excluding carboxylic acids is 1.